The topological polar surface area (TPSA) is 44.2 Å². The Kier molecular flexibility index (Phi) is 9.73. The molecule has 0 fully saturated rings. The molecule has 0 saturated heterocycles. The van der Waals surface area contributed by atoms with Crippen molar-refractivity contribution in [3.63, 3.8) is 0 Å². The Bertz CT molecular complexity index is 2330. The van der Waals surface area contributed by atoms with E-state index in [1.165, 1.54) is 27.8 Å². The predicted molar refractivity (Wildman–Crippen MR) is 204 cm³/mol. The van der Waals surface area contributed by atoms with Crippen LogP contribution in [0.5, 0.6) is 23.0 Å². The number of aryl methyl sites for hydroxylation is 2. The van der Waals surface area contributed by atoms with Crippen molar-refractivity contribution < 1.29 is 29.6 Å². The zero-order valence-electron chi connectivity index (χ0n) is 28.9. The molecular weight excluding hydrogens is 804 g/mol. The molecule has 2 aliphatic rings. The molecule has 2 aliphatic heterocycles. The largest absolute Gasteiger partial charge is 0.503 e. The number of rotatable bonds is 4. The number of hydrogen-bond donors (Lipinski definition) is 0. The normalized spacial score (nSPS) is 11.8. The zero-order valence-corrected chi connectivity index (χ0v) is 31.3. The van der Waals surface area contributed by atoms with Crippen LogP contribution in [-0.2, 0) is 20.1 Å². The number of hydrogen-bond acceptors (Lipinski definition) is 4. The standard InChI is InChI=1S/C26H19BNO2.C19H16N.Ir/c1-16(2)17-13-14-28-21(15-17)18-11-12-24-25-26(18)30-23-10-6-4-8-20(23)27(25)19-7-3-5-9-22(19)29-24;1-14-8-10-17(11-9-14)19-12-18(15(2)13-20-19)16-6-4-3-5-7-16;/h3-10,12-16H,1-2H3;3-10,12-13H,1-2H3;/q2*-1;. The van der Waals surface area contributed by atoms with Crippen LogP contribution < -0.4 is 25.9 Å². The van der Waals surface area contributed by atoms with Gasteiger partial charge in [-0.2, -0.15) is 0 Å². The minimum atomic E-state index is 0. The molecule has 0 spiro atoms. The molecule has 0 N–H and O–H groups in total. The fourth-order valence-corrected chi connectivity index (χ4v) is 6.72. The Hall–Kier alpha value is -5.29. The summed E-state index contributed by atoms with van der Waals surface area (Å²) in [6.07, 6.45) is 3.80. The van der Waals surface area contributed by atoms with Gasteiger partial charge in [0, 0.05) is 44.0 Å². The number of ether oxygens (including phenoxy) is 2. The molecule has 5 aromatic carbocycles. The minimum Gasteiger partial charge on any atom is -0.503 e. The van der Waals surface area contributed by atoms with Gasteiger partial charge in [0.05, 0.1) is 0 Å². The minimum absolute atomic E-state index is 0. The summed E-state index contributed by atoms with van der Waals surface area (Å²) >= 11 is 0. The third kappa shape index (κ3) is 6.66. The second-order valence-corrected chi connectivity index (χ2v) is 13.1. The number of pyridine rings is 2. The van der Waals surface area contributed by atoms with E-state index in [1.54, 1.807) is 0 Å². The quantitative estimate of drug-likeness (QED) is 0.131. The van der Waals surface area contributed by atoms with Gasteiger partial charge in [-0.1, -0.05) is 116 Å². The van der Waals surface area contributed by atoms with Crippen LogP contribution in [0.3, 0.4) is 0 Å². The van der Waals surface area contributed by atoms with Crippen LogP contribution in [0.15, 0.2) is 134 Å². The average molecular weight is 839 g/mol. The zero-order chi connectivity index (χ0) is 34.2. The van der Waals surface area contributed by atoms with Gasteiger partial charge < -0.3 is 19.4 Å². The van der Waals surface area contributed by atoms with Crippen LogP contribution in [0.2, 0.25) is 0 Å². The number of aromatic nitrogens is 2. The molecule has 0 aliphatic carbocycles. The van der Waals surface area contributed by atoms with Crippen molar-refractivity contribution in [2.75, 3.05) is 0 Å². The average Bonchev–Trinajstić information content (AvgIpc) is 3.16. The Morgan fingerprint density at radius 2 is 1.37 bits per heavy atom. The van der Waals surface area contributed by atoms with Crippen molar-refractivity contribution in [2.24, 2.45) is 0 Å². The second-order valence-electron chi connectivity index (χ2n) is 13.1. The Morgan fingerprint density at radius 3 is 2.08 bits per heavy atom. The summed E-state index contributed by atoms with van der Waals surface area (Å²) < 4.78 is 12.7. The number of nitrogens with zero attached hydrogens (tertiary/aromatic N) is 2. The molecule has 51 heavy (non-hydrogen) atoms. The second kappa shape index (κ2) is 14.5. The van der Waals surface area contributed by atoms with Gasteiger partial charge in [-0.15, -0.1) is 47.5 Å². The molecule has 0 unspecified atom stereocenters. The molecule has 251 valence electrons. The maximum atomic E-state index is 6.47. The molecule has 1 radical (unpaired) electrons. The van der Waals surface area contributed by atoms with E-state index in [4.69, 9.17) is 9.47 Å². The first-order chi connectivity index (χ1) is 24.4. The van der Waals surface area contributed by atoms with Gasteiger partial charge in [-0.05, 0) is 70.0 Å². The summed E-state index contributed by atoms with van der Waals surface area (Å²) in [7, 11) is 0. The van der Waals surface area contributed by atoms with Crippen LogP contribution in [0.25, 0.3) is 33.6 Å². The molecule has 4 heterocycles. The van der Waals surface area contributed by atoms with Crippen molar-refractivity contribution in [1.29, 1.82) is 0 Å². The molecule has 2 aromatic heterocycles. The summed E-state index contributed by atoms with van der Waals surface area (Å²) in [4.78, 5) is 9.18. The summed E-state index contributed by atoms with van der Waals surface area (Å²) in [5.41, 5.74) is 13.2. The smallest absolute Gasteiger partial charge is 0.239 e. The van der Waals surface area contributed by atoms with Gasteiger partial charge in [-0.3, -0.25) is 0 Å². The Labute approximate surface area is 314 Å². The van der Waals surface area contributed by atoms with E-state index in [0.29, 0.717) is 5.92 Å². The molecule has 0 bridgehead atoms. The van der Waals surface area contributed by atoms with Crippen LogP contribution in [0.4, 0.5) is 0 Å². The van der Waals surface area contributed by atoms with E-state index in [0.717, 1.165) is 61.9 Å². The molecule has 0 saturated carbocycles. The molecular formula is C45H35BIrN2O2-2. The monoisotopic (exact) mass is 839 g/mol. The maximum Gasteiger partial charge on any atom is 0.239 e. The van der Waals surface area contributed by atoms with E-state index in [1.807, 2.05) is 54.9 Å². The van der Waals surface area contributed by atoms with Crippen molar-refractivity contribution in [1.82, 2.24) is 9.97 Å². The van der Waals surface area contributed by atoms with E-state index < -0.39 is 0 Å². The summed E-state index contributed by atoms with van der Waals surface area (Å²) in [5, 5.41) is 0. The molecule has 0 amide bonds. The molecule has 7 aromatic rings. The fourth-order valence-electron chi connectivity index (χ4n) is 6.72. The SMILES string of the molecule is CC(C)c1ccnc(-c2[c-]cc3c4c2Oc2ccccc2B4c2ccccc2O3)c1.Cc1c[c-]c(-c2cc(-c3ccccc3)c(C)cn2)cc1.[Ir]. The number of benzene rings is 5. The Morgan fingerprint density at radius 1 is 0.667 bits per heavy atom. The maximum absolute atomic E-state index is 6.47. The van der Waals surface area contributed by atoms with Gasteiger partial charge in [0.15, 0.2) is 0 Å². The molecule has 9 rings (SSSR count). The van der Waals surface area contributed by atoms with Crippen LogP contribution in [0.1, 0.15) is 36.5 Å². The van der Waals surface area contributed by atoms with Crippen molar-refractivity contribution in [2.45, 2.75) is 33.6 Å². The van der Waals surface area contributed by atoms with Crippen LogP contribution in [-0.4, -0.2) is 16.7 Å². The first-order valence-corrected chi connectivity index (χ1v) is 17.0. The molecule has 6 heteroatoms. The van der Waals surface area contributed by atoms with Crippen molar-refractivity contribution >= 4 is 23.1 Å². The van der Waals surface area contributed by atoms with Gasteiger partial charge >= 0.3 is 0 Å². The van der Waals surface area contributed by atoms with E-state index in [2.05, 4.69) is 129 Å². The van der Waals surface area contributed by atoms with Crippen LogP contribution >= 0.6 is 0 Å². The van der Waals surface area contributed by atoms with E-state index in [9.17, 15) is 0 Å². The number of para-hydroxylation sites is 2. The van der Waals surface area contributed by atoms with Crippen molar-refractivity contribution in [3.8, 4) is 56.6 Å². The first-order valence-electron chi connectivity index (χ1n) is 17.0. The third-order valence-electron chi connectivity index (χ3n) is 9.40. The predicted octanol–water partition coefficient (Wildman–Crippen LogP) is 9.23. The van der Waals surface area contributed by atoms with Gasteiger partial charge in [-0.25, -0.2) is 0 Å². The molecule has 4 nitrogen and oxygen atoms in total. The molecule has 0 atom stereocenters. The van der Waals surface area contributed by atoms with Gasteiger partial charge in [0.2, 0.25) is 6.71 Å². The fraction of sp³-hybridized carbons (Fsp3) is 0.111. The summed E-state index contributed by atoms with van der Waals surface area (Å²) in [6.45, 7) is 8.60. The van der Waals surface area contributed by atoms with E-state index in [-0.39, 0.29) is 26.8 Å². The van der Waals surface area contributed by atoms with Gasteiger partial charge in [0.1, 0.15) is 11.5 Å². The Balaban J connectivity index is 0.000000169. The van der Waals surface area contributed by atoms with E-state index >= 15 is 0 Å². The van der Waals surface area contributed by atoms with Gasteiger partial charge in [0.25, 0.3) is 0 Å². The summed E-state index contributed by atoms with van der Waals surface area (Å²) in [5.74, 6) is 3.77. The van der Waals surface area contributed by atoms with Crippen molar-refractivity contribution in [3.05, 3.63) is 163 Å². The first kappa shape index (κ1) is 34.2. The number of fused-ring (bicyclic) bond motifs is 4. The third-order valence-corrected chi connectivity index (χ3v) is 9.40. The van der Waals surface area contributed by atoms with Crippen LogP contribution in [0, 0.1) is 26.0 Å². The summed E-state index contributed by atoms with van der Waals surface area (Å²) in [6, 6.07) is 48.0.